The number of benzene rings is 1. The van der Waals surface area contributed by atoms with Crippen molar-refractivity contribution in [3.8, 4) is 0 Å². The fourth-order valence-corrected chi connectivity index (χ4v) is 2.58. The van der Waals surface area contributed by atoms with Crippen molar-refractivity contribution in [2.45, 2.75) is 38.6 Å². The molecule has 1 fully saturated rings. The molecular formula is C15H21NO2. The van der Waals surface area contributed by atoms with Crippen molar-refractivity contribution in [3.05, 3.63) is 35.4 Å². The normalized spacial score (nSPS) is 17.3. The predicted octanol–water partition coefficient (Wildman–Crippen LogP) is 2.69. The van der Waals surface area contributed by atoms with Crippen LogP contribution in [0, 0.1) is 0 Å². The maximum absolute atomic E-state index is 10.9. The van der Waals surface area contributed by atoms with Crippen molar-refractivity contribution in [1.29, 1.82) is 0 Å². The first kappa shape index (κ1) is 13.1. The highest BCUT2D eigenvalue weighted by Gasteiger charge is 2.12. The maximum Gasteiger partial charge on any atom is 0.307 e. The van der Waals surface area contributed by atoms with Gasteiger partial charge in [-0.15, -0.1) is 0 Å². The van der Waals surface area contributed by atoms with E-state index >= 15 is 0 Å². The van der Waals surface area contributed by atoms with Crippen LogP contribution in [-0.2, 0) is 17.8 Å². The summed E-state index contributed by atoms with van der Waals surface area (Å²) in [6.07, 6.45) is 5.31. The molecule has 0 spiro atoms. The molecule has 2 rings (SSSR count). The van der Waals surface area contributed by atoms with E-state index in [1.54, 1.807) is 0 Å². The molecule has 0 saturated carbocycles. The summed E-state index contributed by atoms with van der Waals surface area (Å²) in [6, 6.07) is 7.91. The molecule has 0 amide bonds. The van der Waals surface area contributed by atoms with E-state index in [-0.39, 0.29) is 6.42 Å². The zero-order valence-corrected chi connectivity index (χ0v) is 10.8. The number of carboxylic acid groups (broad SMARTS) is 1. The zero-order chi connectivity index (χ0) is 12.8. The van der Waals surface area contributed by atoms with Gasteiger partial charge in [0.1, 0.15) is 0 Å². The van der Waals surface area contributed by atoms with Gasteiger partial charge in [-0.05, 0) is 37.1 Å². The molecule has 98 valence electrons. The van der Waals surface area contributed by atoms with Gasteiger partial charge in [0.05, 0.1) is 6.42 Å². The van der Waals surface area contributed by atoms with Gasteiger partial charge in [-0.25, -0.2) is 0 Å². The lowest BCUT2D eigenvalue weighted by atomic mass is 10.0. The molecule has 0 bridgehead atoms. The molecule has 3 heteroatoms. The fraction of sp³-hybridized carbons (Fsp3) is 0.533. The average molecular weight is 247 g/mol. The van der Waals surface area contributed by atoms with Crippen LogP contribution in [0.1, 0.15) is 36.8 Å². The minimum Gasteiger partial charge on any atom is -0.481 e. The Morgan fingerprint density at radius 1 is 1.06 bits per heavy atom. The first-order valence-corrected chi connectivity index (χ1v) is 6.76. The molecule has 1 saturated heterocycles. The van der Waals surface area contributed by atoms with Gasteiger partial charge in [0.2, 0.25) is 0 Å². The number of likely N-dealkylation sites (tertiary alicyclic amines) is 1. The van der Waals surface area contributed by atoms with Gasteiger partial charge >= 0.3 is 5.97 Å². The van der Waals surface area contributed by atoms with Gasteiger partial charge in [0, 0.05) is 6.54 Å². The molecule has 1 aliphatic rings. The Labute approximate surface area is 108 Å². The largest absolute Gasteiger partial charge is 0.481 e. The topological polar surface area (TPSA) is 40.5 Å². The van der Waals surface area contributed by atoms with Crippen LogP contribution >= 0.6 is 0 Å². The molecule has 0 atom stereocenters. The summed E-state index contributed by atoms with van der Waals surface area (Å²) in [7, 11) is 0. The smallest absolute Gasteiger partial charge is 0.307 e. The second-order valence-corrected chi connectivity index (χ2v) is 5.03. The van der Waals surface area contributed by atoms with E-state index in [2.05, 4.69) is 11.0 Å². The fourth-order valence-electron chi connectivity index (χ4n) is 2.58. The van der Waals surface area contributed by atoms with Crippen molar-refractivity contribution in [1.82, 2.24) is 4.90 Å². The van der Waals surface area contributed by atoms with Crippen LogP contribution in [-0.4, -0.2) is 29.1 Å². The van der Waals surface area contributed by atoms with Gasteiger partial charge in [-0.3, -0.25) is 9.69 Å². The van der Waals surface area contributed by atoms with Crippen LogP contribution in [0.2, 0.25) is 0 Å². The molecule has 1 N–H and O–H groups in total. The number of hydrogen-bond acceptors (Lipinski definition) is 2. The van der Waals surface area contributed by atoms with Crippen molar-refractivity contribution in [2.75, 3.05) is 13.1 Å². The molecule has 3 nitrogen and oxygen atoms in total. The van der Waals surface area contributed by atoms with Crippen LogP contribution in [0.25, 0.3) is 0 Å². The summed E-state index contributed by atoms with van der Waals surface area (Å²) in [4.78, 5) is 13.3. The summed E-state index contributed by atoms with van der Waals surface area (Å²) < 4.78 is 0. The van der Waals surface area contributed by atoms with E-state index in [0.717, 1.165) is 25.2 Å². The number of nitrogens with zero attached hydrogens (tertiary/aromatic N) is 1. The second-order valence-electron chi connectivity index (χ2n) is 5.03. The SMILES string of the molecule is O=C(O)Cc1ccccc1CN1CCCCCC1. The second kappa shape index (κ2) is 6.55. The monoisotopic (exact) mass is 247 g/mol. The van der Waals surface area contributed by atoms with Crippen LogP contribution in [0.15, 0.2) is 24.3 Å². The van der Waals surface area contributed by atoms with Crippen molar-refractivity contribution in [3.63, 3.8) is 0 Å². The number of carboxylic acids is 1. The van der Waals surface area contributed by atoms with E-state index in [1.807, 2.05) is 18.2 Å². The minimum absolute atomic E-state index is 0.129. The Kier molecular flexibility index (Phi) is 4.76. The van der Waals surface area contributed by atoms with Gasteiger partial charge in [0.25, 0.3) is 0 Å². The molecule has 1 aliphatic heterocycles. The van der Waals surface area contributed by atoms with Gasteiger partial charge in [-0.2, -0.15) is 0 Å². The third-order valence-electron chi connectivity index (χ3n) is 3.55. The van der Waals surface area contributed by atoms with Crippen molar-refractivity contribution >= 4 is 5.97 Å². The Bertz CT molecular complexity index is 395. The summed E-state index contributed by atoms with van der Waals surface area (Å²) in [5, 5.41) is 8.93. The van der Waals surface area contributed by atoms with E-state index in [1.165, 1.54) is 31.2 Å². The van der Waals surface area contributed by atoms with Crippen LogP contribution in [0.5, 0.6) is 0 Å². The van der Waals surface area contributed by atoms with E-state index in [9.17, 15) is 4.79 Å². The van der Waals surface area contributed by atoms with Crippen molar-refractivity contribution in [2.24, 2.45) is 0 Å². The van der Waals surface area contributed by atoms with Gasteiger partial charge in [-0.1, -0.05) is 37.1 Å². The van der Waals surface area contributed by atoms with Crippen molar-refractivity contribution < 1.29 is 9.90 Å². The Hall–Kier alpha value is -1.35. The number of aliphatic carboxylic acids is 1. The molecule has 1 aromatic carbocycles. The zero-order valence-electron chi connectivity index (χ0n) is 10.8. The van der Waals surface area contributed by atoms with Crippen LogP contribution < -0.4 is 0 Å². The lowest BCUT2D eigenvalue weighted by Gasteiger charge is -2.21. The summed E-state index contributed by atoms with van der Waals surface area (Å²) >= 11 is 0. The predicted molar refractivity (Wildman–Crippen MR) is 71.5 cm³/mol. The highest BCUT2D eigenvalue weighted by atomic mass is 16.4. The number of hydrogen-bond donors (Lipinski definition) is 1. The van der Waals surface area contributed by atoms with Crippen LogP contribution in [0.3, 0.4) is 0 Å². The average Bonchev–Trinajstić information content (AvgIpc) is 2.60. The number of rotatable bonds is 4. The lowest BCUT2D eigenvalue weighted by molar-refractivity contribution is -0.136. The quantitative estimate of drug-likeness (QED) is 0.889. The summed E-state index contributed by atoms with van der Waals surface area (Å²) in [6.45, 7) is 3.17. The van der Waals surface area contributed by atoms with Crippen LogP contribution in [0.4, 0.5) is 0 Å². The van der Waals surface area contributed by atoms with Gasteiger partial charge in [0.15, 0.2) is 0 Å². The third-order valence-corrected chi connectivity index (χ3v) is 3.55. The molecule has 1 aromatic rings. The highest BCUT2D eigenvalue weighted by Crippen LogP contribution is 2.16. The lowest BCUT2D eigenvalue weighted by Crippen LogP contribution is -2.24. The van der Waals surface area contributed by atoms with Gasteiger partial charge < -0.3 is 5.11 Å². The summed E-state index contributed by atoms with van der Waals surface area (Å²) in [5.74, 6) is -0.752. The highest BCUT2D eigenvalue weighted by molar-refractivity contribution is 5.70. The molecule has 1 heterocycles. The first-order chi connectivity index (χ1) is 8.75. The molecular weight excluding hydrogens is 226 g/mol. The molecule has 0 aromatic heterocycles. The molecule has 0 aliphatic carbocycles. The van der Waals surface area contributed by atoms with E-state index < -0.39 is 5.97 Å². The minimum atomic E-state index is -0.752. The molecule has 0 radical (unpaired) electrons. The first-order valence-electron chi connectivity index (χ1n) is 6.76. The molecule has 18 heavy (non-hydrogen) atoms. The number of carbonyl (C=O) groups is 1. The Balaban J connectivity index is 2.04. The Morgan fingerprint density at radius 2 is 1.67 bits per heavy atom. The third kappa shape index (κ3) is 3.84. The summed E-state index contributed by atoms with van der Waals surface area (Å²) in [5.41, 5.74) is 2.12. The Morgan fingerprint density at radius 3 is 2.28 bits per heavy atom. The maximum atomic E-state index is 10.9. The van der Waals surface area contributed by atoms with E-state index in [4.69, 9.17) is 5.11 Å². The van der Waals surface area contributed by atoms with E-state index in [0.29, 0.717) is 0 Å². The standard InChI is InChI=1S/C15H21NO2/c17-15(18)11-13-7-3-4-8-14(13)12-16-9-5-1-2-6-10-16/h3-4,7-8H,1-2,5-6,9-12H2,(H,17,18). The molecule has 0 unspecified atom stereocenters.